The Morgan fingerprint density at radius 1 is 1.08 bits per heavy atom. The number of likely N-dealkylation sites (tertiary alicyclic amines) is 1. The number of aliphatic hydroxyl groups is 2. The second kappa shape index (κ2) is 7.61. The van der Waals surface area contributed by atoms with Crippen LogP contribution in [0.3, 0.4) is 0 Å². The summed E-state index contributed by atoms with van der Waals surface area (Å²) in [7, 11) is 0. The van der Waals surface area contributed by atoms with Crippen molar-refractivity contribution in [3.8, 4) is 0 Å². The monoisotopic (exact) mass is 435 g/mol. The molecule has 1 unspecified atom stereocenters. The highest BCUT2D eigenvalue weighted by Crippen LogP contribution is 2.39. The summed E-state index contributed by atoms with van der Waals surface area (Å²) in [5.41, 5.74) is 1.04. The summed E-state index contributed by atoms with van der Waals surface area (Å²) in [5, 5.41) is 20.6. The first kappa shape index (κ1) is 18.6. The van der Waals surface area contributed by atoms with Crippen LogP contribution in [0.15, 0.2) is 58.6 Å². The van der Waals surface area contributed by atoms with Crippen molar-refractivity contribution in [2.24, 2.45) is 0 Å². The van der Waals surface area contributed by atoms with Crippen molar-refractivity contribution in [1.82, 2.24) is 4.90 Å². The molecule has 5 nitrogen and oxygen atoms in total. The first-order valence-corrected chi connectivity index (χ1v) is 9.02. The standard InChI is InChI=1S/C19H15BrClNO4/c20-13-5-1-12(2-6-13)17(24)15-16(11-3-7-14(21)8-4-11)22(9-10-23)19(26)18(15)25/h1-8,16,23-24H,9-10H2/b17-15+. The molecule has 3 rings (SSSR count). The van der Waals surface area contributed by atoms with Crippen LogP contribution >= 0.6 is 27.5 Å². The predicted octanol–water partition coefficient (Wildman–Crippen LogP) is 3.52. The van der Waals surface area contributed by atoms with Crippen molar-refractivity contribution in [3.63, 3.8) is 0 Å². The van der Waals surface area contributed by atoms with Crippen LogP contribution < -0.4 is 0 Å². The summed E-state index contributed by atoms with van der Waals surface area (Å²) in [5.74, 6) is -1.78. The number of β-amino-alcohol motifs (C(OH)–C–C–N with tert-alkyl or cyclic N) is 1. The van der Waals surface area contributed by atoms with E-state index in [1.807, 2.05) is 0 Å². The second-order valence-corrected chi connectivity index (χ2v) is 7.13. The van der Waals surface area contributed by atoms with E-state index in [1.165, 1.54) is 4.90 Å². The lowest BCUT2D eigenvalue weighted by molar-refractivity contribution is -0.140. The molecule has 2 N–H and O–H groups in total. The van der Waals surface area contributed by atoms with Crippen LogP contribution in [0.2, 0.25) is 5.02 Å². The van der Waals surface area contributed by atoms with Crippen molar-refractivity contribution in [1.29, 1.82) is 0 Å². The summed E-state index contributed by atoms with van der Waals surface area (Å²) < 4.78 is 0.823. The number of carbonyl (C=O) groups excluding carboxylic acids is 2. The van der Waals surface area contributed by atoms with Crippen LogP contribution in [0.5, 0.6) is 0 Å². The Hall–Kier alpha value is -2.15. The van der Waals surface area contributed by atoms with E-state index in [0.29, 0.717) is 16.1 Å². The Bertz CT molecular complexity index is 877. The second-order valence-electron chi connectivity index (χ2n) is 5.77. The lowest BCUT2D eigenvalue weighted by atomic mass is 9.95. The molecular weight excluding hydrogens is 422 g/mol. The molecule has 7 heteroatoms. The maximum atomic E-state index is 12.6. The Labute approximate surface area is 163 Å². The van der Waals surface area contributed by atoms with Crippen molar-refractivity contribution < 1.29 is 19.8 Å². The first-order chi connectivity index (χ1) is 12.4. The van der Waals surface area contributed by atoms with Crippen molar-refractivity contribution in [3.05, 3.63) is 74.7 Å². The first-order valence-electron chi connectivity index (χ1n) is 7.84. The van der Waals surface area contributed by atoms with Crippen LogP contribution in [-0.2, 0) is 9.59 Å². The number of hydrogen-bond donors (Lipinski definition) is 2. The Kier molecular flexibility index (Phi) is 5.46. The molecule has 1 fully saturated rings. The molecule has 0 spiro atoms. The number of nitrogens with zero attached hydrogens (tertiary/aromatic N) is 1. The van der Waals surface area contributed by atoms with Crippen molar-refractivity contribution >= 4 is 45.0 Å². The van der Waals surface area contributed by atoms with Gasteiger partial charge in [-0.1, -0.05) is 51.8 Å². The third kappa shape index (κ3) is 3.40. The lowest BCUT2D eigenvalue weighted by Crippen LogP contribution is -2.32. The topological polar surface area (TPSA) is 77.8 Å². The fraction of sp³-hybridized carbons (Fsp3) is 0.158. The Morgan fingerprint density at radius 3 is 2.27 bits per heavy atom. The van der Waals surface area contributed by atoms with Gasteiger partial charge >= 0.3 is 0 Å². The molecule has 1 aliphatic heterocycles. The number of amides is 1. The van der Waals surface area contributed by atoms with Gasteiger partial charge in [-0.2, -0.15) is 0 Å². The van der Waals surface area contributed by atoms with E-state index in [0.717, 1.165) is 4.47 Å². The Morgan fingerprint density at radius 2 is 1.69 bits per heavy atom. The number of carbonyl (C=O) groups is 2. The SMILES string of the molecule is O=C1C(=O)N(CCO)C(c2ccc(Cl)cc2)/C1=C(\O)c1ccc(Br)cc1. The highest BCUT2D eigenvalue weighted by atomic mass is 79.9. The van der Waals surface area contributed by atoms with Gasteiger partial charge in [-0.05, 0) is 29.8 Å². The third-order valence-electron chi connectivity index (χ3n) is 4.18. The highest BCUT2D eigenvalue weighted by molar-refractivity contribution is 9.10. The number of aliphatic hydroxyl groups excluding tert-OH is 2. The lowest BCUT2D eigenvalue weighted by Gasteiger charge is -2.24. The van der Waals surface area contributed by atoms with Gasteiger partial charge in [0.25, 0.3) is 11.7 Å². The van der Waals surface area contributed by atoms with E-state index in [-0.39, 0.29) is 24.5 Å². The summed E-state index contributed by atoms with van der Waals surface area (Å²) in [6, 6.07) is 12.7. The van der Waals surface area contributed by atoms with E-state index in [4.69, 9.17) is 11.6 Å². The van der Waals surface area contributed by atoms with Crippen LogP contribution in [-0.4, -0.2) is 40.0 Å². The molecule has 1 atom stereocenters. The minimum atomic E-state index is -0.789. The molecule has 0 bridgehead atoms. The van der Waals surface area contributed by atoms with Gasteiger partial charge in [-0.15, -0.1) is 0 Å². The molecule has 0 radical (unpaired) electrons. The van der Waals surface area contributed by atoms with Gasteiger partial charge in [-0.25, -0.2) is 0 Å². The molecule has 2 aromatic rings. The van der Waals surface area contributed by atoms with Crippen LogP contribution in [0.1, 0.15) is 17.2 Å². The number of hydrogen-bond acceptors (Lipinski definition) is 4. The van der Waals surface area contributed by atoms with Gasteiger partial charge in [-0.3, -0.25) is 9.59 Å². The maximum absolute atomic E-state index is 12.6. The van der Waals surface area contributed by atoms with E-state index >= 15 is 0 Å². The molecule has 0 aliphatic carbocycles. The van der Waals surface area contributed by atoms with Gasteiger partial charge in [0.05, 0.1) is 18.2 Å². The fourth-order valence-electron chi connectivity index (χ4n) is 2.97. The average molecular weight is 437 g/mol. The fourth-order valence-corrected chi connectivity index (χ4v) is 3.36. The third-order valence-corrected chi connectivity index (χ3v) is 4.96. The summed E-state index contributed by atoms with van der Waals surface area (Å²) in [6.07, 6.45) is 0. The largest absolute Gasteiger partial charge is 0.507 e. The van der Waals surface area contributed by atoms with Crippen LogP contribution in [0.4, 0.5) is 0 Å². The van der Waals surface area contributed by atoms with Gasteiger partial charge in [0.1, 0.15) is 5.76 Å². The van der Waals surface area contributed by atoms with Crippen LogP contribution in [0.25, 0.3) is 5.76 Å². The number of rotatable bonds is 4. The van der Waals surface area contributed by atoms with Crippen molar-refractivity contribution in [2.75, 3.05) is 13.2 Å². The summed E-state index contributed by atoms with van der Waals surface area (Å²) in [6.45, 7) is -0.315. The normalized spacial score (nSPS) is 19.2. The molecule has 0 aromatic heterocycles. The van der Waals surface area contributed by atoms with Gasteiger partial charge in [0.2, 0.25) is 0 Å². The van der Waals surface area contributed by atoms with Gasteiger partial charge in [0, 0.05) is 21.6 Å². The minimum Gasteiger partial charge on any atom is -0.507 e. The maximum Gasteiger partial charge on any atom is 0.295 e. The van der Waals surface area contributed by atoms with E-state index < -0.39 is 17.7 Å². The number of benzene rings is 2. The van der Waals surface area contributed by atoms with Gasteiger partial charge in [0.15, 0.2) is 0 Å². The zero-order valence-corrected chi connectivity index (χ0v) is 15.9. The zero-order valence-electron chi connectivity index (χ0n) is 13.5. The molecule has 1 amide bonds. The molecular formula is C19H15BrClNO4. The number of Topliss-reactive ketones (excluding diaryl/α,β-unsaturated/α-hetero) is 1. The van der Waals surface area contributed by atoms with E-state index in [9.17, 15) is 19.8 Å². The molecule has 26 heavy (non-hydrogen) atoms. The van der Waals surface area contributed by atoms with Crippen molar-refractivity contribution in [2.45, 2.75) is 6.04 Å². The number of ketones is 1. The zero-order chi connectivity index (χ0) is 18.8. The molecule has 1 saturated heterocycles. The molecule has 1 aliphatic rings. The van der Waals surface area contributed by atoms with Gasteiger partial charge < -0.3 is 15.1 Å². The van der Waals surface area contributed by atoms with Crippen LogP contribution in [0, 0.1) is 0 Å². The predicted molar refractivity (Wildman–Crippen MR) is 102 cm³/mol. The quantitative estimate of drug-likeness (QED) is 0.437. The molecule has 0 saturated carbocycles. The minimum absolute atomic E-state index is 0.00639. The van der Waals surface area contributed by atoms with E-state index in [1.54, 1.807) is 48.5 Å². The smallest absolute Gasteiger partial charge is 0.295 e. The highest BCUT2D eigenvalue weighted by Gasteiger charge is 2.45. The average Bonchev–Trinajstić information content (AvgIpc) is 2.88. The Balaban J connectivity index is 2.17. The summed E-state index contributed by atoms with van der Waals surface area (Å²) >= 11 is 9.25. The summed E-state index contributed by atoms with van der Waals surface area (Å²) in [4.78, 5) is 26.3. The number of halogens is 2. The van der Waals surface area contributed by atoms with E-state index in [2.05, 4.69) is 15.9 Å². The molecule has 2 aromatic carbocycles. The molecule has 134 valence electrons. The molecule has 1 heterocycles.